The van der Waals surface area contributed by atoms with Gasteiger partial charge >= 0.3 is 0 Å². The van der Waals surface area contributed by atoms with E-state index in [0.717, 1.165) is 17.9 Å². The lowest BCUT2D eigenvalue weighted by atomic mass is 10.1. The van der Waals surface area contributed by atoms with E-state index < -0.39 is 0 Å². The second kappa shape index (κ2) is 7.99. The largest absolute Gasteiger partial charge is 0.373 e. The highest BCUT2D eigenvalue weighted by molar-refractivity contribution is 7.17. The van der Waals surface area contributed by atoms with Gasteiger partial charge in [0.05, 0.1) is 25.1 Å². The molecule has 0 aliphatic carbocycles. The number of nitrogens with one attached hydrogen (secondary N) is 1. The van der Waals surface area contributed by atoms with E-state index in [2.05, 4.69) is 43.8 Å². The van der Waals surface area contributed by atoms with Crippen molar-refractivity contribution in [2.24, 2.45) is 5.73 Å². The number of anilines is 1. The normalized spacial score (nSPS) is 17.2. The number of rotatable bonds is 5. The van der Waals surface area contributed by atoms with Crippen molar-refractivity contribution in [2.75, 3.05) is 31.1 Å². The molecule has 1 aromatic carbocycles. The van der Waals surface area contributed by atoms with Gasteiger partial charge in [0.1, 0.15) is 11.5 Å². The van der Waals surface area contributed by atoms with Crippen molar-refractivity contribution in [2.45, 2.75) is 12.6 Å². The number of ether oxygens (including phenoxy) is 1. The first-order valence-corrected chi connectivity index (χ1v) is 9.74. The summed E-state index contributed by atoms with van der Waals surface area (Å²) >= 11 is 1.71. The lowest BCUT2D eigenvalue weighted by molar-refractivity contribution is 0.0462. The Morgan fingerprint density at radius 2 is 2.26 bits per heavy atom. The predicted octanol–water partition coefficient (Wildman–Crippen LogP) is 1.79. The second-order valence-corrected chi connectivity index (χ2v) is 7.36. The number of carbonyl (C=O) groups excluding carboxylic acids is 1. The summed E-state index contributed by atoms with van der Waals surface area (Å²) in [5, 5.41) is 6.15. The van der Waals surface area contributed by atoms with E-state index in [1.54, 1.807) is 17.5 Å². The molecule has 140 valence electrons. The highest BCUT2D eigenvalue weighted by Crippen LogP contribution is 2.21. The van der Waals surface area contributed by atoms with Crippen molar-refractivity contribution < 1.29 is 9.53 Å². The Labute approximate surface area is 161 Å². The monoisotopic (exact) mass is 383 g/mol. The van der Waals surface area contributed by atoms with Gasteiger partial charge in [-0.2, -0.15) is 0 Å². The molecule has 27 heavy (non-hydrogen) atoms. The maximum absolute atomic E-state index is 12.4. The minimum Gasteiger partial charge on any atom is -0.373 e. The van der Waals surface area contributed by atoms with Crippen LogP contribution in [0.25, 0.3) is 10.1 Å². The minimum absolute atomic E-state index is 0.00379. The summed E-state index contributed by atoms with van der Waals surface area (Å²) in [6.45, 7) is 2.96. The Hall–Kier alpha value is -2.55. The molecule has 1 aliphatic rings. The maximum Gasteiger partial charge on any atom is 0.271 e. The van der Waals surface area contributed by atoms with Crippen molar-refractivity contribution in [3.63, 3.8) is 0 Å². The van der Waals surface area contributed by atoms with E-state index in [1.807, 2.05) is 6.07 Å². The number of aromatic nitrogens is 2. The van der Waals surface area contributed by atoms with Crippen LogP contribution in [0.5, 0.6) is 0 Å². The molecule has 0 spiro atoms. The third kappa shape index (κ3) is 4.08. The van der Waals surface area contributed by atoms with Crippen LogP contribution in [-0.4, -0.2) is 48.2 Å². The molecule has 8 heteroatoms. The number of amides is 1. The van der Waals surface area contributed by atoms with Crippen molar-refractivity contribution in [3.05, 3.63) is 53.3 Å². The van der Waals surface area contributed by atoms with Gasteiger partial charge in [-0.15, -0.1) is 11.3 Å². The summed E-state index contributed by atoms with van der Waals surface area (Å²) in [5.74, 6) is 0.498. The lowest BCUT2D eigenvalue weighted by Gasteiger charge is -2.32. The van der Waals surface area contributed by atoms with E-state index >= 15 is 0 Å². The summed E-state index contributed by atoms with van der Waals surface area (Å²) in [6, 6.07) is 8.27. The zero-order chi connectivity index (χ0) is 18.6. The van der Waals surface area contributed by atoms with Crippen molar-refractivity contribution in [1.29, 1.82) is 0 Å². The molecule has 4 rings (SSSR count). The zero-order valence-corrected chi connectivity index (χ0v) is 15.6. The van der Waals surface area contributed by atoms with Crippen LogP contribution < -0.4 is 16.0 Å². The third-order valence-electron chi connectivity index (χ3n) is 4.57. The standard InChI is InChI=1S/C19H21N5O2S/c20-8-15-12-24(4-5-26-15)18-11-21-16(10-22-18)19(25)23-9-13-1-2-17-14(7-13)3-6-27-17/h1-3,6-7,10-11,15H,4-5,8-9,12,20H2,(H,23,25). The Morgan fingerprint density at radius 1 is 1.33 bits per heavy atom. The van der Waals surface area contributed by atoms with Gasteiger partial charge in [0.2, 0.25) is 0 Å². The minimum atomic E-state index is -0.235. The number of hydrogen-bond donors (Lipinski definition) is 2. The molecule has 1 amide bonds. The van der Waals surface area contributed by atoms with Gasteiger partial charge in [-0.25, -0.2) is 9.97 Å². The average molecular weight is 383 g/mol. The van der Waals surface area contributed by atoms with Gasteiger partial charge in [0.25, 0.3) is 5.91 Å². The SMILES string of the molecule is NCC1CN(c2cnc(C(=O)NCc3ccc4sccc4c3)cn2)CCO1. The number of thiophene rings is 1. The second-order valence-electron chi connectivity index (χ2n) is 6.41. The van der Waals surface area contributed by atoms with Crippen LogP contribution in [0.4, 0.5) is 5.82 Å². The maximum atomic E-state index is 12.4. The number of benzene rings is 1. The van der Waals surface area contributed by atoms with Gasteiger partial charge in [-0.3, -0.25) is 4.79 Å². The number of hydrogen-bond acceptors (Lipinski definition) is 7. The van der Waals surface area contributed by atoms with Crippen LogP contribution in [-0.2, 0) is 11.3 Å². The molecular weight excluding hydrogens is 362 g/mol. The van der Waals surface area contributed by atoms with Crippen molar-refractivity contribution in [3.8, 4) is 0 Å². The fourth-order valence-electron chi connectivity index (χ4n) is 3.07. The molecule has 1 atom stereocenters. The molecule has 1 fully saturated rings. The van der Waals surface area contributed by atoms with Crippen LogP contribution in [0.15, 0.2) is 42.0 Å². The van der Waals surface area contributed by atoms with Crippen molar-refractivity contribution in [1.82, 2.24) is 15.3 Å². The lowest BCUT2D eigenvalue weighted by Crippen LogP contribution is -2.46. The first-order chi connectivity index (χ1) is 13.2. The highest BCUT2D eigenvalue weighted by Gasteiger charge is 2.20. The first kappa shape index (κ1) is 17.8. The van der Waals surface area contributed by atoms with Crippen LogP contribution in [0.3, 0.4) is 0 Å². The zero-order valence-electron chi connectivity index (χ0n) is 14.8. The molecule has 0 bridgehead atoms. The number of fused-ring (bicyclic) bond motifs is 1. The Bertz CT molecular complexity index is 927. The van der Waals surface area contributed by atoms with Crippen LogP contribution in [0, 0.1) is 0 Å². The van der Waals surface area contributed by atoms with Gasteiger partial charge in [0, 0.05) is 30.9 Å². The van der Waals surface area contributed by atoms with Crippen molar-refractivity contribution >= 4 is 33.1 Å². The topological polar surface area (TPSA) is 93.4 Å². The van der Waals surface area contributed by atoms with Crippen LogP contribution in [0.1, 0.15) is 16.1 Å². The number of nitrogens with two attached hydrogens (primary N) is 1. The quantitative estimate of drug-likeness (QED) is 0.698. The third-order valence-corrected chi connectivity index (χ3v) is 5.46. The molecule has 3 N–H and O–H groups in total. The number of nitrogens with zero attached hydrogens (tertiary/aromatic N) is 3. The van der Waals surface area contributed by atoms with Crippen LogP contribution in [0.2, 0.25) is 0 Å². The molecular formula is C19H21N5O2S. The Kier molecular flexibility index (Phi) is 5.28. The highest BCUT2D eigenvalue weighted by atomic mass is 32.1. The summed E-state index contributed by atoms with van der Waals surface area (Å²) in [5.41, 5.74) is 7.03. The number of carbonyl (C=O) groups is 1. The summed E-state index contributed by atoms with van der Waals surface area (Å²) in [4.78, 5) is 23.1. The Balaban J connectivity index is 1.37. The van der Waals surface area contributed by atoms with Crippen LogP contribution >= 0.6 is 11.3 Å². The molecule has 0 saturated carbocycles. The molecule has 3 aromatic rings. The van der Waals surface area contributed by atoms with Gasteiger partial charge in [0.15, 0.2) is 0 Å². The average Bonchev–Trinajstić information content (AvgIpc) is 3.20. The summed E-state index contributed by atoms with van der Waals surface area (Å²) in [6.07, 6.45) is 3.15. The predicted molar refractivity (Wildman–Crippen MR) is 106 cm³/mol. The molecule has 7 nitrogen and oxygen atoms in total. The Morgan fingerprint density at radius 3 is 3.07 bits per heavy atom. The van der Waals surface area contributed by atoms with Gasteiger partial charge < -0.3 is 20.7 Å². The smallest absolute Gasteiger partial charge is 0.271 e. The fraction of sp³-hybridized carbons (Fsp3) is 0.316. The van der Waals surface area contributed by atoms with Gasteiger partial charge in [-0.05, 0) is 34.5 Å². The van der Waals surface area contributed by atoms with E-state index in [9.17, 15) is 4.79 Å². The molecule has 1 saturated heterocycles. The molecule has 1 unspecified atom stereocenters. The van der Waals surface area contributed by atoms with E-state index in [0.29, 0.717) is 31.9 Å². The fourth-order valence-corrected chi connectivity index (χ4v) is 3.84. The molecule has 1 aliphatic heterocycles. The van der Waals surface area contributed by atoms with Gasteiger partial charge in [-0.1, -0.05) is 6.07 Å². The summed E-state index contributed by atoms with van der Waals surface area (Å²) in [7, 11) is 0. The molecule has 2 aromatic heterocycles. The molecule has 3 heterocycles. The van der Waals surface area contributed by atoms with E-state index in [1.165, 1.54) is 16.3 Å². The van der Waals surface area contributed by atoms with E-state index in [4.69, 9.17) is 10.5 Å². The first-order valence-electron chi connectivity index (χ1n) is 8.86. The number of morpholine rings is 1. The summed E-state index contributed by atoms with van der Waals surface area (Å²) < 4.78 is 6.80. The van der Waals surface area contributed by atoms with E-state index in [-0.39, 0.29) is 12.0 Å². The molecule has 0 radical (unpaired) electrons.